The van der Waals surface area contributed by atoms with Crippen molar-refractivity contribution < 1.29 is 4.42 Å². The van der Waals surface area contributed by atoms with Crippen LogP contribution in [0.25, 0.3) is 0 Å². The minimum Gasteiger partial charge on any atom is -0.467 e. The summed E-state index contributed by atoms with van der Waals surface area (Å²) in [5.74, 6) is 1.02. The minimum atomic E-state index is -1.26. The molecule has 1 unspecified atom stereocenters. The van der Waals surface area contributed by atoms with E-state index in [0.717, 1.165) is 12.2 Å². The summed E-state index contributed by atoms with van der Waals surface area (Å²) < 4.78 is 5.64. The van der Waals surface area contributed by atoms with Crippen molar-refractivity contribution in [2.24, 2.45) is 0 Å². The Labute approximate surface area is 126 Å². The third-order valence-electron chi connectivity index (χ3n) is 3.49. The van der Waals surface area contributed by atoms with Crippen molar-refractivity contribution in [1.82, 2.24) is 5.32 Å². The van der Waals surface area contributed by atoms with Gasteiger partial charge in [0.15, 0.2) is 0 Å². The number of nitrogens with one attached hydrogen (secondary N) is 1. The van der Waals surface area contributed by atoms with Crippen LogP contribution in [0.2, 0.25) is 39.3 Å². The third kappa shape index (κ3) is 5.07. The van der Waals surface area contributed by atoms with E-state index >= 15 is 0 Å². The fourth-order valence-electron chi connectivity index (χ4n) is 2.95. The summed E-state index contributed by atoms with van der Waals surface area (Å²) in [6.07, 6.45) is 7.31. The first-order valence-corrected chi connectivity index (χ1v) is 14.8. The molecular weight excluding hydrogens is 278 g/mol. The monoisotopic (exact) mass is 309 g/mol. The quantitative estimate of drug-likeness (QED) is 0.566. The average Bonchev–Trinajstić information content (AvgIpc) is 2.79. The van der Waals surface area contributed by atoms with Gasteiger partial charge in [-0.3, -0.25) is 0 Å². The molecule has 114 valence electrons. The van der Waals surface area contributed by atoms with Crippen molar-refractivity contribution >= 4 is 16.1 Å². The molecule has 1 rings (SSSR count). The van der Waals surface area contributed by atoms with E-state index in [1.807, 2.05) is 6.07 Å². The zero-order valence-electron chi connectivity index (χ0n) is 14.2. The largest absolute Gasteiger partial charge is 0.467 e. The second-order valence-corrected chi connectivity index (χ2v) is 18.9. The van der Waals surface area contributed by atoms with Crippen molar-refractivity contribution in [1.29, 1.82) is 0 Å². The van der Waals surface area contributed by atoms with Crippen LogP contribution in [0.3, 0.4) is 0 Å². The number of furan rings is 1. The molecule has 1 atom stereocenters. The highest BCUT2D eigenvalue weighted by Crippen LogP contribution is 2.24. The van der Waals surface area contributed by atoms with Crippen LogP contribution in [-0.2, 0) is 0 Å². The average molecular weight is 310 g/mol. The molecule has 20 heavy (non-hydrogen) atoms. The standard InChI is InChI=1S/C16H31NOSi2/c1-8-9-11-14(15-12-10-13-18-15)17-16(19(2,3)4)20(5,6)7/h9-14,16-17H,8H2,1-7H3/b11-9+. The highest BCUT2D eigenvalue weighted by molar-refractivity contribution is 6.96. The summed E-state index contributed by atoms with van der Waals surface area (Å²) in [6.45, 7) is 17.0. The van der Waals surface area contributed by atoms with Gasteiger partial charge in [0.1, 0.15) is 5.76 Å². The molecule has 1 aromatic heterocycles. The lowest BCUT2D eigenvalue weighted by Crippen LogP contribution is -2.62. The van der Waals surface area contributed by atoms with E-state index in [-0.39, 0.29) is 6.04 Å². The Morgan fingerprint density at radius 2 is 1.75 bits per heavy atom. The van der Waals surface area contributed by atoms with Gasteiger partial charge in [0.25, 0.3) is 0 Å². The predicted octanol–water partition coefficient (Wildman–Crippen LogP) is 5.00. The molecule has 0 aromatic carbocycles. The van der Waals surface area contributed by atoms with Crippen molar-refractivity contribution in [3.05, 3.63) is 36.3 Å². The maximum atomic E-state index is 5.64. The Morgan fingerprint density at radius 3 is 2.15 bits per heavy atom. The molecular formula is C16H31NOSi2. The number of rotatable bonds is 7. The topological polar surface area (TPSA) is 25.2 Å². The Balaban J connectivity index is 3.00. The van der Waals surface area contributed by atoms with E-state index < -0.39 is 16.1 Å². The van der Waals surface area contributed by atoms with Gasteiger partial charge >= 0.3 is 0 Å². The van der Waals surface area contributed by atoms with Crippen molar-refractivity contribution in [2.75, 3.05) is 0 Å². The molecule has 0 aliphatic carbocycles. The van der Waals surface area contributed by atoms with Crippen LogP contribution in [0.15, 0.2) is 35.0 Å². The molecule has 4 heteroatoms. The molecule has 0 amide bonds. The smallest absolute Gasteiger partial charge is 0.124 e. The Morgan fingerprint density at radius 1 is 1.15 bits per heavy atom. The van der Waals surface area contributed by atoms with Crippen LogP contribution in [0.5, 0.6) is 0 Å². The zero-order valence-corrected chi connectivity index (χ0v) is 16.2. The SMILES string of the molecule is CC/C=C/C(NC([Si](C)(C)C)[Si](C)(C)C)c1ccco1. The summed E-state index contributed by atoms with van der Waals surface area (Å²) in [6, 6.07) is 4.25. The second kappa shape index (κ2) is 6.92. The normalized spacial score (nSPS) is 15.2. The van der Waals surface area contributed by atoms with Gasteiger partial charge in [-0.2, -0.15) is 0 Å². The van der Waals surface area contributed by atoms with Crippen LogP contribution in [-0.4, -0.2) is 21.4 Å². The number of hydrogen-bond donors (Lipinski definition) is 1. The fourth-order valence-corrected chi connectivity index (χ4v) is 14.7. The van der Waals surface area contributed by atoms with Gasteiger partial charge in [0.2, 0.25) is 0 Å². The molecule has 1 heterocycles. The molecule has 0 aliphatic heterocycles. The summed E-state index contributed by atoms with van der Waals surface area (Å²) in [4.78, 5) is 0. The first kappa shape index (κ1) is 17.5. The van der Waals surface area contributed by atoms with E-state index in [1.165, 1.54) is 0 Å². The molecule has 0 saturated heterocycles. The van der Waals surface area contributed by atoms with Gasteiger partial charge in [0, 0.05) is 0 Å². The lowest BCUT2D eigenvalue weighted by molar-refractivity contribution is 0.457. The van der Waals surface area contributed by atoms with Crippen molar-refractivity contribution in [3.8, 4) is 0 Å². The molecule has 0 aliphatic rings. The maximum Gasteiger partial charge on any atom is 0.124 e. The maximum absolute atomic E-state index is 5.64. The lowest BCUT2D eigenvalue weighted by atomic mass is 10.2. The summed E-state index contributed by atoms with van der Waals surface area (Å²) >= 11 is 0. The number of hydrogen-bond acceptors (Lipinski definition) is 2. The first-order chi connectivity index (χ1) is 9.16. The Kier molecular flexibility index (Phi) is 6.04. The van der Waals surface area contributed by atoms with Crippen LogP contribution in [0.4, 0.5) is 0 Å². The van der Waals surface area contributed by atoms with Crippen molar-refractivity contribution in [2.45, 2.75) is 64.0 Å². The van der Waals surface area contributed by atoms with Crippen LogP contribution >= 0.6 is 0 Å². The highest BCUT2D eigenvalue weighted by Gasteiger charge is 2.38. The summed E-state index contributed by atoms with van der Waals surface area (Å²) in [7, 11) is -2.52. The van der Waals surface area contributed by atoms with Crippen LogP contribution in [0.1, 0.15) is 25.1 Å². The van der Waals surface area contributed by atoms with Gasteiger partial charge in [-0.15, -0.1) is 0 Å². The predicted molar refractivity (Wildman–Crippen MR) is 94.5 cm³/mol. The summed E-state index contributed by atoms with van der Waals surface area (Å²) in [5.41, 5.74) is 0. The van der Waals surface area contributed by atoms with Gasteiger partial charge in [-0.05, 0) is 23.8 Å². The Bertz CT molecular complexity index is 399. The van der Waals surface area contributed by atoms with E-state index in [1.54, 1.807) is 6.26 Å². The molecule has 0 radical (unpaired) electrons. The third-order valence-corrected chi connectivity index (χ3v) is 12.5. The van der Waals surface area contributed by atoms with Crippen LogP contribution in [0, 0.1) is 0 Å². The fraction of sp³-hybridized carbons (Fsp3) is 0.625. The van der Waals surface area contributed by atoms with E-state index in [4.69, 9.17) is 4.42 Å². The van der Waals surface area contributed by atoms with Gasteiger partial charge in [0.05, 0.1) is 28.5 Å². The van der Waals surface area contributed by atoms with E-state index in [9.17, 15) is 0 Å². The minimum absolute atomic E-state index is 0.202. The second-order valence-electron chi connectivity index (χ2n) is 7.66. The van der Waals surface area contributed by atoms with E-state index in [0.29, 0.717) is 5.29 Å². The number of allylic oxidation sites excluding steroid dienone is 1. The van der Waals surface area contributed by atoms with Gasteiger partial charge < -0.3 is 9.73 Å². The molecule has 0 bridgehead atoms. The molecule has 1 N–H and O–H groups in total. The highest BCUT2D eigenvalue weighted by atomic mass is 28.4. The zero-order chi connectivity index (χ0) is 15.4. The molecule has 2 nitrogen and oxygen atoms in total. The molecule has 1 aromatic rings. The van der Waals surface area contributed by atoms with Gasteiger partial charge in [-0.1, -0.05) is 58.4 Å². The molecule has 0 saturated carbocycles. The lowest BCUT2D eigenvalue weighted by Gasteiger charge is -2.40. The van der Waals surface area contributed by atoms with Gasteiger partial charge in [-0.25, -0.2) is 0 Å². The van der Waals surface area contributed by atoms with Crippen molar-refractivity contribution in [3.63, 3.8) is 0 Å². The first-order valence-electron chi connectivity index (χ1n) is 7.62. The molecule has 0 spiro atoms. The summed E-state index contributed by atoms with van der Waals surface area (Å²) in [5, 5.41) is 4.57. The Hall–Kier alpha value is -0.586. The van der Waals surface area contributed by atoms with E-state index in [2.05, 4.69) is 69.7 Å². The van der Waals surface area contributed by atoms with Crippen LogP contribution < -0.4 is 5.32 Å². The molecule has 0 fully saturated rings.